The first-order valence-corrected chi connectivity index (χ1v) is 4.62. The van der Waals surface area contributed by atoms with E-state index in [4.69, 9.17) is 11.6 Å². The van der Waals surface area contributed by atoms with Crippen LogP contribution in [0.25, 0.3) is 0 Å². The lowest BCUT2D eigenvalue weighted by molar-refractivity contribution is -0.118. The van der Waals surface area contributed by atoms with Gasteiger partial charge in [-0.25, -0.2) is 0 Å². The molecule has 0 saturated heterocycles. The summed E-state index contributed by atoms with van der Waals surface area (Å²) < 4.78 is 0. The largest absolute Gasteiger partial charge is 0.305 e. The van der Waals surface area contributed by atoms with Gasteiger partial charge in [-0.15, -0.1) is 0 Å². The molecule has 14 heavy (non-hydrogen) atoms. The zero-order valence-corrected chi connectivity index (χ0v) is 8.12. The molecule has 2 rings (SSSR count). The fraction of sp³-hybridized carbons (Fsp3) is 0.200. The normalized spacial score (nSPS) is 14.4. The summed E-state index contributed by atoms with van der Waals surface area (Å²) >= 11 is 5.81. The molecule has 0 spiro atoms. The average Bonchev–Trinajstić information content (AvgIpc) is 2.45. The van der Waals surface area contributed by atoms with E-state index in [0.29, 0.717) is 17.7 Å². The van der Waals surface area contributed by atoms with Gasteiger partial charge in [0.2, 0.25) is 5.91 Å². The molecule has 1 aliphatic heterocycles. The summed E-state index contributed by atoms with van der Waals surface area (Å²) in [5.74, 6) is -0.0469. The molecule has 1 aromatic carbocycles. The molecule has 0 unspecified atom stereocenters. The third-order valence-corrected chi connectivity index (χ3v) is 2.47. The molecule has 1 amide bonds. The molecule has 0 aliphatic carbocycles. The predicted molar refractivity (Wildman–Crippen MR) is 53.6 cm³/mol. The Morgan fingerprint density at radius 3 is 3.00 bits per heavy atom. The van der Waals surface area contributed by atoms with Crippen molar-refractivity contribution in [2.75, 3.05) is 11.4 Å². The zero-order valence-electron chi connectivity index (χ0n) is 7.37. The van der Waals surface area contributed by atoms with Gasteiger partial charge >= 0.3 is 0 Å². The van der Waals surface area contributed by atoms with Gasteiger partial charge < -0.3 is 9.69 Å². The first-order valence-electron chi connectivity index (χ1n) is 4.25. The highest BCUT2D eigenvalue weighted by molar-refractivity contribution is 6.31. The van der Waals surface area contributed by atoms with E-state index in [0.717, 1.165) is 11.3 Å². The van der Waals surface area contributed by atoms with E-state index in [9.17, 15) is 9.59 Å². The molecule has 0 aromatic heterocycles. The summed E-state index contributed by atoms with van der Waals surface area (Å²) in [6.07, 6.45) is 1.08. The summed E-state index contributed by atoms with van der Waals surface area (Å²) in [5.41, 5.74) is 1.69. The van der Waals surface area contributed by atoms with Gasteiger partial charge in [-0.05, 0) is 17.7 Å². The Morgan fingerprint density at radius 2 is 2.29 bits per heavy atom. The van der Waals surface area contributed by atoms with Gasteiger partial charge in [0.05, 0.1) is 13.0 Å². The van der Waals surface area contributed by atoms with Gasteiger partial charge in [-0.3, -0.25) is 4.79 Å². The van der Waals surface area contributed by atoms with Crippen LogP contribution in [0, 0.1) is 0 Å². The standard InChI is InChI=1S/C10H8ClNO2/c11-8-2-1-7-5-10(14)12(3-4-13)9(7)6-8/h1-2,4,6H,3,5H2. The molecular weight excluding hydrogens is 202 g/mol. The number of anilines is 1. The minimum Gasteiger partial charge on any atom is -0.305 e. The van der Waals surface area contributed by atoms with Crippen LogP contribution in [0.15, 0.2) is 18.2 Å². The number of aldehydes is 1. The monoisotopic (exact) mass is 209 g/mol. The molecule has 1 aliphatic rings. The van der Waals surface area contributed by atoms with E-state index in [1.54, 1.807) is 12.1 Å². The van der Waals surface area contributed by atoms with Crippen LogP contribution < -0.4 is 4.90 Å². The number of benzene rings is 1. The van der Waals surface area contributed by atoms with Gasteiger partial charge in [-0.1, -0.05) is 17.7 Å². The maximum atomic E-state index is 11.5. The fourth-order valence-corrected chi connectivity index (χ4v) is 1.77. The van der Waals surface area contributed by atoms with E-state index < -0.39 is 0 Å². The van der Waals surface area contributed by atoms with Gasteiger partial charge in [0.15, 0.2) is 0 Å². The van der Waals surface area contributed by atoms with Crippen LogP contribution in [-0.4, -0.2) is 18.7 Å². The van der Waals surface area contributed by atoms with Gasteiger partial charge in [0.1, 0.15) is 6.29 Å². The zero-order chi connectivity index (χ0) is 10.1. The highest BCUT2D eigenvalue weighted by Crippen LogP contribution is 2.30. The number of hydrogen-bond acceptors (Lipinski definition) is 2. The maximum Gasteiger partial charge on any atom is 0.231 e. The summed E-state index contributed by atoms with van der Waals surface area (Å²) in [5, 5.41) is 0.578. The van der Waals surface area contributed by atoms with Crippen LogP contribution in [0.4, 0.5) is 5.69 Å². The second kappa shape index (κ2) is 3.42. The number of rotatable bonds is 2. The summed E-state index contributed by atoms with van der Waals surface area (Å²) in [6.45, 7) is 0.103. The van der Waals surface area contributed by atoms with E-state index in [-0.39, 0.29) is 12.5 Å². The minimum absolute atomic E-state index is 0.0469. The van der Waals surface area contributed by atoms with Gasteiger partial charge in [0, 0.05) is 10.7 Å². The number of hydrogen-bond donors (Lipinski definition) is 0. The first kappa shape index (κ1) is 9.21. The molecule has 1 aromatic rings. The van der Waals surface area contributed by atoms with Crippen molar-refractivity contribution in [3.8, 4) is 0 Å². The summed E-state index contributed by atoms with van der Waals surface area (Å²) in [4.78, 5) is 23.3. The van der Waals surface area contributed by atoms with Crippen molar-refractivity contribution in [3.63, 3.8) is 0 Å². The van der Waals surface area contributed by atoms with Gasteiger partial charge in [-0.2, -0.15) is 0 Å². The molecule has 3 nitrogen and oxygen atoms in total. The van der Waals surface area contributed by atoms with Crippen LogP contribution in [0.1, 0.15) is 5.56 Å². The number of amides is 1. The lowest BCUT2D eigenvalue weighted by Crippen LogP contribution is -2.28. The van der Waals surface area contributed by atoms with Gasteiger partial charge in [0.25, 0.3) is 0 Å². The molecule has 0 fully saturated rings. The molecule has 0 atom stereocenters. The first-order chi connectivity index (χ1) is 6.72. The van der Waals surface area contributed by atoms with Crippen LogP contribution in [0.3, 0.4) is 0 Å². The molecule has 0 bridgehead atoms. The van der Waals surface area contributed by atoms with Crippen molar-refractivity contribution in [2.24, 2.45) is 0 Å². The average molecular weight is 210 g/mol. The maximum absolute atomic E-state index is 11.5. The van der Waals surface area contributed by atoms with E-state index in [2.05, 4.69) is 0 Å². The SMILES string of the molecule is O=CCN1C(=O)Cc2ccc(Cl)cc21. The summed E-state index contributed by atoms with van der Waals surface area (Å²) in [7, 11) is 0. The van der Waals surface area contributed by atoms with E-state index in [1.807, 2.05) is 6.07 Å². The molecule has 0 saturated carbocycles. The quantitative estimate of drug-likeness (QED) is 0.691. The third-order valence-electron chi connectivity index (χ3n) is 2.24. The molecule has 1 heterocycles. The highest BCUT2D eigenvalue weighted by Gasteiger charge is 2.26. The van der Waals surface area contributed by atoms with Crippen molar-refractivity contribution in [3.05, 3.63) is 28.8 Å². The Hall–Kier alpha value is -1.35. The Labute approximate surface area is 86.3 Å². The molecule has 0 N–H and O–H groups in total. The minimum atomic E-state index is -0.0469. The van der Waals surface area contributed by atoms with Crippen molar-refractivity contribution in [1.82, 2.24) is 0 Å². The van der Waals surface area contributed by atoms with Crippen molar-refractivity contribution in [1.29, 1.82) is 0 Å². The predicted octanol–water partition coefficient (Wildman–Crippen LogP) is 1.43. The number of halogens is 1. The molecular formula is C10H8ClNO2. The number of nitrogens with zero attached hydrogens (tertiary/aromatic N) is 1. The Kier molecular flexibility index (Phi) is 2.25. The Morgan fingerprint density at radius 1 is 1.50 bits per heavy atom. The smallest absolute Gasteiger partial charge is 0.231 e. The Bertz CT molecular complexity index is 403. The van der Waals surface area contributed by atoms with Crippen LogP contribution in [-0.2, 0) is 16.0 Å². The van der Waals surface area contributed by atoms with Crippen LogP contribution >= 0.6 is 11.6 Å². The molecule has 0 radical (unpaired) electrons. The lowest BCUT2D eigenvalue weighted by Gasteiger charge is -2.13. The van der Waals surface area contributed by atoms with E-state index in [1.165, 1.54) is 4.90 Å². The molecule has 72 valence electrons. The number of carbonyl (C=O) groups is 2. The second-order valence-electron chi connectivity index (χ2n) is 3.12. The number of carbonyl (C=O) groups excluding carboxylic acids is 2. The van der Waals surface area contributed by atoms with Crippen LogP contribution in [0.2, 0.25) is 5.02 Å². The Balaban J connectivity index is 2.44. The number of fused-ring (bicyclic) bond motifs is 1. The summed E-state index contributed by atoms with van der Waals surface area (Å²) in [6, 6.07) is 5.28. The highest BCUT2D eigenvalue weighted by atomic mass is 35.5. The second-order valence-corrected chi connectivity index (χ2v) is 3.56. The molecule has 4 heteroatoms. The van der Waals surface area contributed by atoms with Crippen LogP contribution in [0.5, 0.6) is 0 Å². The van der Waals surface area contributed by atoms with Crippen molar-refractivity contribution < 1.29 is 9.59 Å². The lowest BCUT2D eigenvalue weighted by atomic mass is 10.2. The van der Waals surface area contributed by atoms with E-state index >= 15 is 0 Å². The fourth-order valence-electron chi connectivity index (χ4n) is 1.61. The van der Waals surface area contributed by atoms with Crippen molar-refractivity contribution >= 4 is 29.5 Å². The topological polar surface area (TPSA) is 37.4 Å². The third kappa shape index (κ3) is 1.40. The van der Waals surface area contributed by atoms with Crippen molar-refractivity contribution in [2.45, 2.75) is 6.42 Å².